The second-order valence-corrected chi connectivity index (χ2v) is 4.99. The average Bonchev–Trinajstić information content (AvgIpc) is 2.94. The minimum Gasteiger partial charge on any atom is -0.380 e. The van der Waals surface area contributed by atoms with Crippen LogP contribution in [0.15, 0.2) is 29.4 Å². The van der Waals surface area contributed by atoms with E-state index >= 15 is 0 Å². The van der Waals surface area contributed by atoms with E-state index in [0.29, 0.717) is 11.1 Å². The molecule has 0 aliphatic rings. The molecule has 3 N–H and O–H groups in total. The summed E-state index contributed by atoms with van der Waals surface area (Å²) < 4.78 is 37.1. The lowest BCUT2D eigenvalue weighted by Gasteiger charge is -2.03. The Hall–Kier alpha value is -2.26. The zero-order chi connectivity index (χ0) is 17.2. The van der Waals surface area contributed by atoms with Gasteiger partial charge in [-0.1, -0.05) is 28.4 Å². The number of nitrogens with one attached hydrogen (secondary N) is 1. The number of amidine groups is 1. The Morgan fingerprint density at radius 1 is 1.30 bits per heavy atom. The molecule has 0 amide bonds. The average molecular weight is 367 g/mol. The largest absolute Gasteiger partial charge is 0.432 e. The molecule has 1 aromatic carbocycles. The third-order valence-electron chi connectivity index (χ3n) is 2.53. The standard InChI is InChI=1S/C12H7Cl2F3N4O2/c13-5-1-2-6(7(14)3-5)10(18)21-23-11(22)8-4-9(20-19-8)12(15,16)17/h1-4H,(H2,18,21)(H,19,20). The Balaban J connectivity index is 2.12. The van der Waals surface area contributed by atoms with E-state index in [-0.39, 0.29) is 16.4 Å². The van der Waals surface area contributed by atoms with Crippen LogP contribution in [0, 0.1) is 0 Å². The molecule has 11 heteroatoms. The molecule has 6 nitrogen and oxygen atoms in total. The monoisotopic (exact) mass is 366 g/mol. The van der Waals surface area contributed by atoms with Gasteiger partial charge in [-0.25, -0.2) is 4.79 Å². The third kappa shape index (κ3) is 4.14. The van der Waals surface area contributed by atoms with Crippen LogP contribution in [-0.2, 0) is 11.0 Å². The van der Waals surface area contributed by atoms with Gasteiger partial charge >= 0.3 is 12.1 Å². The van der Waals surface area contributed by atoms with Crippen molar-refractivity contribution in [1.82, 2.24) is 10.2 Å². The van der Waals surface area contributed by atoms with E-state index in [0.717, 1.165) is 0 Å². The molecule has 2 rings (SSSR count). The number of hydrogen-bond acceptors (Lipinski definition) is 4. The van der Waals surface area contributed by atoms with Gasteiger partial charge in [0, 0.05) is 16.7 Å². The van der Waals surface area contributed by atoms with Gasteiger partial charge < -0.3 is 10.6 Å². The maximum atomic E-state index is 12.4. The van der Waals surface area contributed by atoms with Crippen molar-refractivity contribution in [3.05, 3.63) is 51.3 Å². The number of halogens is 5. The Morgan fingerprint density at radius 2 is 2.00 bits per heavy atom. The molecule has 0 atom stereocenters. The second kappa shape index (κ2) is 6.47. The Kier molecular flexibility index (Phi) is 4.81. The number of aromatic amines is 1. The Morgan fingerprint density at radius 3 is 2.57 bits per heavy atom. The maximum Gasteiger partial charge on any atom is 0.432 e. The van der Waals surface area contributed by atoms with Gasteiger partial charge in [-0.2, -0.15) is 18.3 Å². The van der Waals surface area contributed by atoms with E-state index in [1.807, 2.05) is 0 Å². The molecular formula is C12H7Cl2F3N4O2. The Bertz CT molecular complexity index is 774. The minimum atomic E-state index is -4.66. The van der Waals surface area contributed by atoms with Gasteiger partial charge in [-0.3, -0.25) is 5.10 Å². The SMILES string of the molecule is N/C(=N\OC(=O)c1cc(C(F)(F)F)[nH]n1)c1ccc(Cl)cc1Cl. The summed E-state index contributed by atoms with van der Waals surface area (Å²) in [5, 5.41) is 8.70. The molecule has 0 fully saturated rings. The minimum absolute atomic E-state index is 0.161. The highest BCUT2D eigenvalue weighted by Gasteiger charge is 2.34. The van der Waals surface area contributed by atoms with Crippen molar-refractivity contribution in [2.24, 2.45) is 10.9 Å². The van der Waals surface area contributed by atoms with Gasteiger partial charge in [0.15, 0.2) is 11.5 Å². The van der Waals surface area contributed by atoms with Gasteiger partial charge in [0.25, 0.3) is 0 Å². The van der Waals surface area contributed by atoms with Crippen LogP contribution in [0.25, 0.3) is 0 Å². The fourth-order valence-corrected chi connectivity index (χ4v) is 1.96. The summed E-state index contributed by atoms with van der Waals surface area (Å²) in [6.45, 7) is 0. The number of alkyl halides is 3. The number of rotatable bonds is 3. The normalized spacial score (nSPS) is 12.3. The molecule has 0 unspecified atom stereocenters. The number of hydrogen-bond donors (Lipinski definition) is 2. The van der Waals surface area contributed by atoms with E-state index in [1.165, 1.54) is 18.2 Å². The van der Waals surface area contributed by atoms with Crippen molar-refractivity contribution in [1.29, 1.82) is 0 Å². The summed E-state index contributed by atoms with van der Waals surface area (Å²) in [6, 6.07) is 4.80. The molecule has 0 aliphatic carbocycles. The predicted octanol–water partition coefficient (Wildman–Crippen LogP) is 3.21. The fraction of sp³-hybridized carbons (Fsp3) is 0.0833. The first-order chi connectivity index (χ1) is 10.7. The molecular weight excluding hydrogens is 360 g/mol. The van der Waals surface area contributed by atoms with Crippen LogP contribution in [0.3, 0.4) is 0 Å². The third-order valence-corrected chi connectivity index (χ3v) is 3.07. The number of aromatic nitrogens is 2. The van der Waals surface area contributed by atoms with E-state index in [9.17, 15) is 18.0 Å². The molecule has 122 valence electrons. The van der Waals surface area contributed by atoms with Crippen LogP contribution < -0.4 is 5.73 Å². The first-order valence-electron chi connectivity index (χ1n) is 5.81. The van der Waals surface area contributed by atoms with E-state index in [1.54, 1.807) is 5.10 Å². The van der Waals surface area contributed by atoms with Crippen LogP contribution in [0.1, 0.15) is 21.7 Å². The summed E-state index contributed by atoms with van der Waals surface area (Å²) in [5.74, 6) is -1.48. The molecule has 2 aromatic rings. The topological polar surface area (TPSA) is 93.4 Å². The van der Waals surface area contributed by atoms with Crippen molar-refractivity contribution in [3.63, 3.8) is 0 Å². The zero-order valence-electron chi connectivity index (χ0n) is 11.0. The van der Waals surface area contributed by atoms with Crippen molar-refractivity contribution in [2.75, 3.05) is 0 Å². The number of H-pyrrole nitrogens is 1. The summed E-state index contributed by atoms with van der Waals surface area (Å²) in [5.41, 5.74) is 4.03. The predicted molar refractivity (Wildman–Crippen MR) is 76.2 cm³/mol. The number of nitrogens with two attached hydrogens (primary N) is 1. The molecule has 0 radical (unpaired) electrons. The molecule has 23 heavy (non-hydrogen) atoms. The van der Waals surface area contributed by atoms with Crippen molar-refractivity contribution < 1.29 is 22.8 Å². The van der Waals surface area contributed by atoms with E-state index in [4.69, 9.17) is 28.9 Å². The quantitative estimate of drug-likeness (QED) is 0.377. The van der Waals surface area contributed by atoms with E-state index < -0.39 is 23.5 Å². The van der Waals surface area contributed by atoms with Gasteiger partial charge in [-0.05, 0) is 18.2 Å². The molecule has 0 saturated heterocycles. The zero-order valence-corrected chi connectivity index (χ0v) is 12.5. The van der Waals surface area contributed by atoms with Gasteiger partial charge in [-0.15, -0.1) is 0 Å². The highest BCUT2D eigenvalue weighted by Crippen LogP contribution is 2.27. The van der Waals surface area contributed by atoms with Crippen LogP contribution in [0.4, 0.5) is 13.2 Å². The summed E-state index contributed by atoms with van der Waals surface area (Å²) in [6.07, 6.45) is -4.66. The first kappa shape index (κ1) is 17.1. The molecule has 0 bridgehead atoms. The molecule has 1 aromatic heterocycles. The molecule has 0 aliphatic heterocycles. The summed E-state index contributed by atoms with van der Waals surface area (Å²) >= 11 is 11.6. The number of benzene rings is 1. The lowest BCUT2D eigenvalue weighted by atomic mass is 10.2. The van der Waals surface area contributed by atoms with Crippen LogP contribution in [0.2, 0.25) is 10.0 Å². The van der Waals surface area contributed by atoms with Gasteiger partial charge in [0.05, 0.1) is 5.02 Å². The second-order valence-electron chi connectivity index (χ2n) is 4.14. The van der Waals surface area contributed by atoms with Gasteiger partial charge in [0.2, 0.25) is 0 Å². The molecule has 0 saturated carbocycles. The number of nitrogens with zero attached hydrogens (tertiary/aromatic N) is 2. The number of oxime groups is 1. The Labute approximate surface area is 137 Å². The molecule has 1 heterocycles. The van der Waals surface area contributed by atoms with E-state index in [2.05, 4.69) is 15.1 Å². The first-order valence-corrected chi connectivity index (χ1v) is 6.57. The lowest BCUT2D eigenvalue weighted by Crippen LogP contribution is -2.16. The number of carbonyl (C=O) groups is 1. The van der Waals surface area contributed by atoms with Gasteiger partial charge in [0.1, 0.15) is 5.69 Å². The van der Waals surface area contributed by atoms with Crippen LogP contribution >= 0.6 is 23.2 Å². The van der Waals surface area contributed by atoms with Crippen molar-refractivity contribution in [2.45, 2.75) is 6.18 Å². The fourth-order valence-electron chi connectivity index (χ4n) is 1.46. The highest BCUT2D eigenvalue weighted by atomic mass is 35.5. The lowest BCUT2D eigenvalue weighted by molar-refractivity contribution is -0.141. The summed E-state index contributed by atoms with van der Waals surface area (Å²) in [7, 11) is 0. The maximum absolute atomic E-state index is 12.4. The van der Waals surface area contributed by atoms with Crippen LogP contribution in [0.5, 0.6) is 0 Å². The van der Waals surface area contributed by atoms with Crippen LogP contribution in [-0.4, -0.2) is 22.0 Å². The highest BCUT2D eigenvalue weighted by molar-refractivity contribution is 6.36. The number of carbonyl (C=O) groups excluding carboxylic acids is 1. The summed E-state index contributed by atoms with van der Waals surface area (Å²) in [4.78, 5) is 16.0. The van der Waals surface area contributed by atoms with Crippen molar-refractivity contribution >= 4 is 35.0 Å². The van der Waals surface area contributed by atoms with Crippen molar-refractivity contribution in [3.8, 4) is 0 Å². The smallest absolute Gasteiger partial charge is 0.380 e. The molecule has 0 spiro atoms.